The summed E-state index contributed by atoms with van der Waals surface area (Å²) in [4.78, 5) is 37.9. The third-order valence-electron chi connectivity index (χ3n) is 4.80. The molecule has 4 aromatic rings. The molecule has 0 saturated carbocycles. The summed E-state index contributed by atoms with van der Waals surface area (Å²) in [7, 11) is 0. The molecule has 0 aliphatic rings. The van der Waals surface area contributed by atoms with Crippen LogP contribution in [0, 0.1) is 5.82 Å². The van der Waals surface area contributed by atoms with Crippen molar-refractivity contribution in [1.29, 1.82) is 0 Å². The second-order valence-electron chi connectivity index (χ2n) is 7.62. The number of nitrogens with zero attached hydrogens (tertiary/aromatic N) is 5. The minimum absolute atomic E-state index is 0.0276. The van der Waals surface area contributed by atoms with E-state index in [-0.39, 0.29) is 45.6 Å². The predicted octanol–water partition coefficient (Wildman–Crippen LogP) is 4.10. The minimum atomic E-state index is -0.683. The Hall–Kier alpha value is -4.38. The number of aromatic nitrogens is 5. The van der Waals surface area contributed by atoms with Gasteiger partial charge in [0.05, 0.1) is 18.1 Å². The van der Waals surface area contributed by atoms with Crippen LogP contribution in [0.3, 0.4) is 0 Å². The Kier molecular flexibility index (Phi) is 6.69. The highest BCUT2D eigenvalue weighted by molar-refractivity contribution is 6.34. The van der Waals surface area contributed by atoms with E-state index >= 15 is 0 Å². The lowest BCUT2D eigenvalue weighted by Gasteiger charge is -2.14. The molecule has 0 aliphatic carbocycles. The standard InChI is InChI=1S/C23H19ClFN7O3/c1-12(2)32-11-16(20(33)19(31-32)13-3-5-14(25)6-4-13)22(34)30-15-9-28-23(29-10-15)35-17-7-8-27-21(26)18(17)24/h3-12H,1-2H3,(H2,26,27)(H,30,34). The zero-order valence-electron chi connectivity index (χ0n) is 18.6. The maximum atomic E-state index is 13.3. The summed E-state index contributed by atoms with van der Waals surface area (Å²) >= 11 is 6.05. The smallest absolute Gasteiger partial charge is 0.322 e. The number of nitrogen functional groups attached to an aromatic ring is 1. The number of benzene rings is 1. The van der Waals surface area contributed by atoms with E-state index in [1.54, 1.807) is 0 Å². The summed E-state index contributed by atoms with van der Waals surface area (Å²) in [5, 5.41) is 7.03. The molecule has 12 heteroatoms. The van der Waals surface area contributed by atoms with Crippen molar-refractivity contribution < 1.29 is 13.9 Å². The van der Waals surface area contributed by atoms with Crippen molar-refractivity contribution in [3.8, 4) is 23.0 Å². The number of rotatable bonds is 6. The van der Waals surface area contributed by atoms with Gasteiger partial charge in [-0.2, -0.15) is 5.10 Å². The number of carbonyl (C=O) groups excluding carboxylic acids is 1. The van der Waals surface area contributed by atoms with Crippen LogP contribution in [-0.2, 0) is 0 Å². The summed E-state index contributed by atoms with van der Waals surface area (Å²) in [5.74, 6) is -0.820. The Bertz CT molecular complexity index is 1440. The molecule has 0 saturated heterocycles. The van der Waals surface area contributed by atoms with Crippen LogP contribution in [-0.4, -0.2) is 30.6 Å². The van der Waals surface area contributed by atoms with Crippen molar-refractivity contribution in [2.24, 2.45) is 0 Å². The predicted molar refractivity (Wildman–Crippen MR) is 128 cm³/mol. The lowest BCUT2D eigenvalue weighted by molar-refractivity contribution is 0.102. The van der Waals surface area contributed by atoms with Gasteiger partial charge in [0.2, 0.25) is 5.43 Å². The van der Waals surface area contributed by atoms with Gasteiger partial charge in [0, 0.05) is 30.1 Å². The van der Waals surface area contributed by atoms with Crippen molar-refractivity contribution in [1.82, 2.24) is 24.7 Å². The molecule has 4 rings (SSSR count). The number of nitrogens with two attached hydrogens (primary N) is 1. The van der Waals surface area contributed by atoms with Crippen LogP contribution in [0.25, 0.3) is 11.3 Å². The van der Waals surface area contributed by atoms with E-state index in [0.717, 1.165) is 0 Å². The molecular weight excluding hydrogens is 477 g/mol. The molecule has 0 aliphatic heterocycles. The molecule has 3 aromatic heterocycles. The Labute approximate surface area is 203 Å². The van der Waals surface area contributed by atoms with Crippen LogP contribution in [0.5, 0.6) is 11.8 Å². The zero-order chi connectivity index (χ0) is 25.1. The Morgan fingerprint density at radius 3 is 2.49 bits per heavy atom. The Balaban J connectivity index is 1.59. The van der Waals surface area contributed by atoms with Gasteiger partial charge in [-0.1, -0.05) is 11.6 Å². The van der Waals surface area contributed by atoms with Crippen molar-refractivity contribution in [2.75, 3.05) is 11.1 Å². The van der Waals surface area contributed by atoms with E-state index in [0.29, 0.717) is 5.56 Å². The number of carbonyl (C=O) groups is 1. The largest absolute Gasteiger partial charge is 0.422 e. The van der Waals surface area contributed by atoms with Gasteiger partial charge in [0.15, 0.2) is 5.75 Å². The monoisotopic (exact) mass is 495 g/mol. The van der Waals surface area contributed by atoms with Crippen molar-refractivity contribution >= 4 is 29.0 Å². The van der Waals surface area contributed by atoms with Gasteiger partial charge >= 0.3 is 6.01 Å². The van der Waals surface area contributed by atoms with Crippen LogP contribution in [0.2, 0.25) is 5.02 Å². The van der Waals surface area contributed by atoms with Crippen molar-refractivity contribution in [3.05, 3.63) is 81.7 Å². The summed E-state index contributed by atoms with van der Waals surface area (Å²) in [6, 6.07) is 6.62. The number of nitrogens with one attached hydrogen (secondary N) is 1. The topological polar surface area (TPSA) is 138 Å². The number of pyridine rings is 1. The van der Waals surface area contributed by atoms with E-state index in [1.165, 1.54) is 59.8 Å². The number of amides is 1. The fourth-order valence-corrected chi connectivity index (χ4v) is 3.13. The van der Waals surface area contributed by atoms with Crippen LogP contribution in [0.15, 0.2) is 59.9 Å². The van der Waals surface area contributed by atoms with E-state index in [4.69, 9.17) is 22.1 Å². The summed E-state index contributed by atoms with van der Waals surface area (Å²) in [6.07, 6.45) is 5.40. The maximum absolute atomic E-state index is 13.3. The molecule has 3 N–H and O–H groups in total. The van der Waals surface area contributed by atoms with E-state index in [2.05, 4.69) is 25.4 Å². The van der Waals surface area contributed by atoms with E-state index in [9.17, 15) is 14.0 Å². The molecule has 0 atom stereocenters. The number of hydrogen-bond donors (Lipinski definition) is 2. The van der Waals surface area contributed by atoms with Crippen molar-refractivity contribution in [3.63, 3.8) is 0 Å². The van der Waals surface area contributed by atoms with E-state index in [1.807, 2.05) is 13.8 Å². The zero-order valence-corrected chi connectivity index (χ0v) is 19.3. The third kappa shape index (κ3) is 5.25. The first-order valence-corrected chi connectivity index (χ1v) is 10.7. The van der Waals surface area contributed by atoms with Gasteiger partial charge in [-0.05, 0) is 38.1 Å². The highest BCUT2D eigenvalue weighted by Gasteiger charge is 2.19. The van der Waals surface area contributed by atoms with Crippen LogP contribution in [0.1, 0.15) is 30.2 Å². The normalized spacial score (nSPS) is 10.9. The Morgan fingerprint density at radius 1 is 1.14 bits per heavy atom. The quantitative estimate of drug-likeness (QED) is 0.407. The van der Waals surface area contributed by atoms with E-state index < -0.39 is 17.2 Å². The number of halogens is 2. The Morgan fingerprint density at radius 2 is 1.83 bits per heavy atom. The average molecular weight is 496 g/mol. The minimum Gasteiger partial charge on any atom is -0.422 e. The SMILES string of the molecule is CC(C)n1cc(C(=O)Nc2cnc(Oc3ccnc(N)c3Cl)nc2)c(=O)c(-c2ccc(F)cc2)n1. The molecular formula is C23H19ClFN7O3. The molecule has 0 fully saturated rings. The number of anilines is 2. The highest BCUT2D eigenvalue weighted by Crippen LogP contribution is 2.30. The number of hydrogen-bond acceptors (Lipinski definition) is 8. The van der Waals surface area contributed by atoms with Crippen molar-refractivity contribution in [2.45, 2.75) is 19.9 Å². The molecule has 3 heterocycles. The van der Waals surface area contributed by atoms with Gasteiger partial charge < -0.3 is 15.8 Å². The first-order valence-electron chi connectivity index (χ1n) is 10.3. The summed E-state index contributed by atoms with van der Waals surface area (Å²) in [6.45, 7) is 3.70. The molecule has 10 nitrogen and oxygen atoms in total. The highest BCUT2D eigenvalue weighted by atomic mass is 35.5. The molecule has 0 bridgehead atoms. The number of ether oxygens (including phenoxy) is 1. The molecule has 0 radical (unpaired) electrons. The van der Waals surface area contributed by atoms with Gasteiger partial charge in [0.1, 0.15) is 27.9 Å². The van der Waals surface area contributed by atoms with Gasteiger partial charge in [-0.15, -0.1) is 0 Å². The molecule has 0 unspecified atom stereocenters. The van der Waals surface area contributed by atoms with Gasteiger partial charge in [-0.3, -0.25) is 14.3 Å². The second kappa shape index (κ2) is 9.85. The molecule has 178 valence electrons. The first-order chi connectivity index (χ1) is 16.7. The summed E-state index contributed by atoms with van der Waals surface area (Å²) < 4.78 is 20.3. The molecule has 1 amide bonds. The van der Waals surface area contributed by atoms with Gasteiger partial charge in [-0.25, -0.2) is 19.3 Å². The molecule has 1 aromatic carbocycles. The van der Waals surface area contributed by atoms with Crippen LogP contribution < -0.4 is 21.2 Å². The lowest BCUT2D eigenvalue weighted by Crippen LogP contribution is -2.27. The van der Waals surface area contributed by atoms with Gasteiger partial charge in [0.25, 0.3) is 5.91 Å². The van der Waals surface area contributed by atoms with Crippen LogP contribution in [0.4, 0.5) is 15.9 Å². The lowest BCUT2D eigenvalue weighted by atomic mass is 10.1. The summed E-state index contributed by atoms with van der Waals surface area (Å²) in [5.41, 5.74) is 5.54. The fraction of sp³-hybridized carbons (Fsp3) is 0.130. The maximum Gasteiger partial charge on any atom is 0.322 e. The van der Waals surface area contributed by atoms with Crippen LogP contribution >= 0.6 is 11.6 Å². The molecule has 0 spiro atoms. The average Bonchev–Trinajstić information content (AvgIpc) is 2.84. The fourth-order valence-electron chi connectivity index (χ4n) is 2.98. The third-order valence-corrected chi connectivity index (χ3v) is 5.18. The second-order valence-corrected chi connectivity index (χ2v) is 8.00. The molecule has 35 heavy (non-hydrogen) atoms. The first kappa shape index (κ1) is 23.8.